The van der Waals surface area contributed by atoms with Crippen molar-refractivity contribution in [2.75, 3.05) is 24.5 Å². The van der Waals surface area contributed by atoms with E-state index in [2.05, 4.69) is 16.5 Å². The summed E-state index contributed by atoms with van der Waals surface area (Å²) in [5.41, 5.74) is 1.37. The van der Waals surface area contributed by atoms with Crippen molar-refractivity contribution in [2.45, 2.75) is 18.2 Å². The Morgan fingerprint density at radius 3 is 2.52 bits per heavy atom. The van der Waals surface area contributed by atoms with E-state index in [1.165, 1.54) is 18.2 Å². The number of nitrogens with one attached hydrogen (secondary N) is 1. The number of rotatable bonds is 8. The Labute approximate surface area is 153 Å². The van der Waals surface area contributed by atoms with Crippen molar-refractivity contribution in [3.8, 4) is 6.07 Å². The van der Waals surface area contributed by atoms with Crippen LogP contribution in [0.25, 0.3) is 0 Å². The third-order valence-corrected chi connectivity index (χ3v) is 5.54. The van der Waals surface area contributed by atoms with E-state index >= 15 is 0 Å². The Bertz CT molecular complexity index is 848. The lowest BCUT2D eigenvalue weighted by Crippen LogP contribution is -2.30. The highest BCUT2D eigenvalue weighted by Gasteiger charge is 2.15. The Kier molecular flexibility index (Phi) is 6.82. The molecule has 7 heteroatoms. The molecule has 0 fully saturated rings. The summed E-state index contributed by atoms with van der Waals surface area (Å²) in [5, 5.41) is 8.98. The summed E-state index contributed by atoms with van der Waals surface area (Å²) < 4.78 is 27.2. The number of hydrogen-bond acceptors (Lipinski definition) is 4. The predicted octanol–water partition coefficient (Wildman–Crippen LogP) is 3.41. The lowest BCUT2D eigenvalue weighted by molar-refractivity contribution is 0.578. The smallest absolute Gasteiger partial charge is 0.240 e. The summed E-state index contributed by atoms with van der Waals surface area (Å²) in [6.45, 7) is 3.98. The third-order valence-electron chi connectivity index (χ3n) is 3.77. The number of anilines is 1. The number of nitrogens with zero attached hydrogens (tertiary/aromatic N) is 2. The minimum Gasteiger partial charge on any atom is -0.372 e. The van der Waals surface area contributed by atoms with E-state index in [1.807, 2.05) is 36.4 Å². The normalized spacial score (nSPS) is 11.1. The van der Waals surface area contributed by atoms with Crippen LogP contribution in [0.3, 0.4) is 0 Å². The molecule has 0 aliphatic carbocycles. The molecule has 2 aromatic carbocycles. The average molecular weight is 378 g/mol. The lowest BCUT2D eigenvalue weighted by Gasteiger charge is -2.23. The van der Waals surface area contributed by atoms with E-state index in [4.69, 9.17) is 16.9 Å². The Balaban J connectivity index is 1.92. The van der Waals surface area contributed by atoms with E-state index in [0.29, 0.717) is 13.0 Å². The number of nitriles is 1. The molecular weight excluding hydrogens is 358 g/mol. The molecule has 132 valence electrons. The van der Waals surface area contributed by atoms with Gasteiger partial charge in [0.15, 0.2) is 0 Å². The minimum absolute atomic E-state index is 0.0620. The molecule has 0 radical (unpaired) electrons. The molecule has 0 bridgehead atoms. The van der Waals surface area contributed by atoms with Gasteiger partial charge in [-0.3, -0.25) is 0 Å². The molecule has 0 unspecified atom stereocenters. The van der Waals surface area contributed by atoms with Crippen LogP contribution in [0.2, 0.25) is 5.02 Å². The van der Waals surface area contributed by atoms with Crippen molar-refractivity contribution in [3.63, 3.8) is 0 Å². The number of sulfonamides is 1. The van der Waals surface area contributed by atoms with Gasteiger partial charge in [-0.25, -0.2) is 13.1 Å². The van der Waals surface area contributed by atoms with Crippen LogP contribution < -0.4 is 9.62 Å². The van der Waals surface area contributed by atoms with Crippen LogP contribution in [0.1, 0.15) is 18.9 Å². The first-order valence-electron chi connectivity index (χ1n) is 7.97. The topological polar surface area (TPSA) is 73.2 Å². The molecule has 0 saturated heterocycles. The van der Waals surface area contributed by atoms with Crippen LogP contribution in [0, 0.1) is 11.3 Å². The zero-order valence-electron chi connectivity index (χ0n) is 13.9. The van der Waals surface area contributed by atoms with Crippen molar-refractivity contribution in [2.24, 2.45) is 0 Å². The van der Waals surface area contributed by atoms with Crippen LogP contribution in [0.4, 0.5) is 5.69 Å². The van der Waals surface area contributed by atoms with E-state index in [0.717, 1.165) is 18.8 Å². The van der Waals surface area contributed by atoms with Gasteiger partial charge in [0.05, 0.1) is 15.5 Å². The molecule has 2 aromatic rings. The first-order valence-corrected chi connectivity index (χ1v) is 9.83. The van der Waals surface area contributed by atoms with Gasteiger partial charge < -0.3 is 4.90 Å². The van der Waals surface area contributed by atoms with Crippen molar-refractivity contribution < 1.29 is 8.42 Å². The molecule has 0 aromatic heterocycles. The molecule has 0 heterocycles. The van der Waals surface area contributed by atoms with E-state index in [9.17, 15) is 8.42 Å². The molecule has 0 spiro atoms. The van der Waals surface area contributed by atoms with Gasteiger partial charge in [0, 0.05) is 25.3 Å². The van der Waals surface area contributed by atoms with Crippen LogP contribution in [0.5, 0.6) is 0 Å². The minimum atomic E-state index is -3.64. The largest absolute Gasteiger partial charge is 0.372 e. The molecule has 0 aliphatic rings. The van der Waals surface area contributed by atoms with E-state index < -0.39 is 10.0 Å². The fourth-order valence-corrected chi connectivity index (χ4v) is 3.81. The molecule has 0 atom stereocenters. The quantitative estimate of drug-likeness (QED) is 0.715. The SMILES string of the molecule is CCN(CCCNS(=O)(=O)c1ccc(C#N)c(Cl)c1)c1ccccc1. The Hall–Kier alpha value is -2.07. The lowest BCUT2D eigenvalue weighted by atomic mass is 10.2. The second-order valence-corrected chi connectivity index (χ2v) is 7.59. The van der Waals surface area contributed by atoms with Crippen molar-refractivity contribution in [1.29, 1.82) is 5.26 Å². The maximum absolute atomic E-state index is 12.3. The monoisotopic (exact) mass is 377 g/mol. The van der Waals surface area contributed by atoms with Gasteiger partial charge in [-0.15, -0.1) is 0 Å². The van der Waals surface area contributed by atoms with Gasteiger partial charge in [0.25, 0.3) is 0 Å². The Morgan fingerprint density at radius 1 is 1.20 bits per heavy atom. The second kappa shape index (κ2) is 8.86. The zero-order chi connectivity index (χ0) is 18.3. The first kappa shape index (κ1) is 19.3. The second-order valence-electron chi connectivity index (χ2n) is 5.42. The van der Waals surface area contributed by atoms with Crippen molar-refractivity contribution in [1.82, 2.24) is 4.72 Å². The molecular formula is C18H20ClN3O2S. The van der Waals surface area contributed by atoms with Gasteiger partial charge >= 0.3 is 0 Å². The number of para-hydroxylation sites is 1. The highest BCUT2D eigenvalue weighted by Crippen LogP contribution is 2.20. The van der Waals surface area contributed by atoms with Crippen LogP contribution in [-0.4, -0.2) is 28.1 Å². The van der Waals surface area contributed by atoms with E-state index in [-0.39, 0.29) is 15.5 Å². The zero-order valence-corrected chi connectivity index (χ0v) is 15.5. The number of halogens is 1. The number of hydrogen-bond donors (Lipinski definition) is 1. The van der Waals surface area contributed by atoms with Crippen molar-refractivity contribution in [3.05, 3.63) is 59.1 Å². The van der Waals surface area contributed by atoms with Gasteiger partial charge in [0.2, 0.25) is 10.0 Å². The fraction of sp³-hybridized carbons (Fsp3) is 0.278. The molecule has 0 amide bonds. The molecule has 25 heavy (non-hydrogen) atoms. The first-order chi connectivity index (χ1) is 12.0. The van der Waals surface area contributed by atoms with Gasteiger partial charge in [-0.2, -0.15) is 5.26 Å². The van der Waals surface area contributed by atoms with Crippen LogP contribution in [0.15, 0.2) is 53.4 Å². The summed E-state index contributed by atoms with van der Waals surface area (Å²) in [7, 11) is -3.64. The molecule has 0 saturated carbocycles. The van der Waals surface area contributed by atoms with Crippen molar-refractivity contribution >= 4 is 27.3 Å². The summed E-state index contributed by atoms with van der Waals surface area (Å²) >= 11 is 5.90. The van der Waals surface area contributed by atoms with Gasteiger partial charge in [-0.1, -0.05) is 29.8 Å². The van der Waals surface area contributed by atoms with Crippen LogP contribution >= 0.6 is 11.6 Å². The van der Waals surface area contributed by atoms with Gasteiger partial charge in [0.1, 0.15) is 6.07 Å². The predicted molar refractivity (Wildman–Crippen MR) is 100 cm³/mol. The summed E-state index contributed by atoms with van der Waals surface area (Å²) in [6, 6.07) is 16.0. The standard InChI is InChI=1S/C18H20ClN3O2S/c1-2-22(16-7-4-3-5-8-16)12-6-11-21-25(23,24)17-10-9-15(14-20)18(19)13-17/h3-5,7-10,13,21H,2,6,11-12H2,1H3. The molecule has 5 nitrogen and oxygen atoms in total. The number of benzene rings is 2. The summed E-state index contributed by atoms with van der Waals surface area (Å²) in [4.78, 5) is 2.25. The van der Waals surface area contributed by atoms with Gasteiger partial charge in [-0.05, 0) is 43.7 Å². The summed E-state index contributed by atoms with van der Waals surface area (Å²) in [6.07, 6.45) is 0.673. The maximum atomic E-state index is 12.3. The fourth-order valence-electron chi connectivity index (χ4n) is 2.42. The molecule has 2 rings (SSSR count). The highest BCUT2D eigenvalue weighted by molar-refractivity contribution is 7.89. The maximum Gasteiger partial charge on any atom is 0.240 e. The summed E-state index contributed by atoms with van der Waals surface area (Å²) in [5.74, 6) is 0. The third kappa shape index (κ3) is 5.20. The molecule has 0 aliphatic heterocycles. The Morgan fingerprint density at radius 2 is 1.92 bits per heavy atom. The average Bonchev–Trinajstić information content (AvgIpc) is 2.62. The van der Waals surface area contributed by atoms with Crippen LogP contribution in [-0.2, 0) is 10.0 Å². The van der Waals surface area contributed by atoms with E-state index in [1.54, 1.807) is 0 Å². The highest BCUT2D eigenvalue weighted by atomic mass is 35.5. The molecule has 1 N–H and O–H groups in total.